The normalized spacial score (nSPS) is 15.7. The van der Waals surface area contributed by atoms with Gasteiger partial charge >= 0.3 is 0 Å². The fourth-order valence-electron chi connectivity index (χ4n) is 0.254. The Labute approximate surface area is 53.7 Å². The maximum atomic E-state index is 8.54. The van der Waals surface area contributed by atoms with E-state index in [1.165, 1.54) is 6.92 Å². The fraction of sp³-hybridized carbons (Fsp3) is 0.800. The number of aliphatic hydroxyl groups is 3. The summed E-state index contributed by atoms with van der Waals surface area (Å²) in [5.74, 6) is -2.38. The van der Waals surface area contributed by atoms with E-state index in [9.17, 15) is 0 Å². The highest BCUT2D eigenvalue weighted by atomic mass is 16.8. The van der Waals surface area contributed by atoms with Crippen LogP contribution < -0.4 is 0 Å². The van der Waals surface area contributed by atoms with Crippen molar-refractivity contribution in [2.24, 2.45) is 0 Å². The minimum absolute atomic E-state index is 0.142. The maximum Gasteiger partial charge on any atom is 0.278 e. The van der Waals surface area contributed by atoms with Crippen molar-refractivity contribution in [2.45, 2.75) is 19.0 Å². The van der Waals surface area contributed by atoms with E-state index in [1.54, 1.807) is 0 Å². The summed E-state index contributed by atoms with van der Waals surface area (Å²) < 4.78 is 4.24. The highest BCUT2D eigenvalue weighted by Crippen LogP contribution is 1.98. The highest BCUT2D eigenvalue weighted by Gasteiger charge is 2.15. The first-order valence-corrected chi connectivity index (χ1v) is 2.54. The van der Waals surface area contributed by atoms with Crippen LogP contribution in [-0.2, 0) is 4.74 Å². The Kier molecular flexibility index (Phi) is 3.07. The van der Waals surface area contributed by atoms with E-state index in [1.807, 2.05) is 0 Å². The molecule has 3 N–H and O–H groups in total. The summed E-state index contributed by atoms with van der Waals surface area (Å²) in [5, 5.41) is 25.3. The number of aliphatic hydroxyl groups excluding tert-OH is 1. The van der Waals surface area contributed by atoms with Gasteiger partial charge in [-0.15, -0.1) is 0 Å². The first kappa shape index (κ1) is 8.84. The van der Waals surface area contributed by atoms with Crippen LogP contribution in [0.25, 0.3) is 0 Å². The molecule has 0 aliphatic rings. The molecule has 0 rings (SSSR count). The molecule has 0 saturated heterocycles. The molecule has 0 saturated carbocycles. The Hall–Kier alpha value is -0.160. The van der Waals surface area contributed by atoms with Crippen LogP contribution in [0.15, 0.2) is 0 Å². The summed E-state index contributed by atoms with van der Waals surface area (Å²) >= 11 is 0. The first-order chi connectivity index (χ1) is 3.92. The predicted octanol–water partition coefficient (Wildman–Crippen LogP) is -1.14. The lowest BCUT2D eigenvalue weighted by Crippen LogP contribution is -2.30. The number of hydrogen-bond acceptors (Lipinski definition) is 4. The van der Waals surface area contributed by atoms with Gasteiger partial charge in [0, 0.05) is 6.92 Å². The molecule has 9 heavy (non-hydrogen) atoms. The van der Waals surface area contributed by atoms with Crippen LogP contribution in [-0.4, -0.2) is 34.0 Å². The summed E-state index contributed by atoms with van der Waals surface area (Å²) in [4.78, 5) is 0. The highest BCUT2D eigenvalue weighted by molar-refractivity contribution is 4.52. The van der Waals surface area contributed by atoms with Gasteiger partial charge in [0.15, 0.2) is 0 Å². The topological polar surface area (TPSA) is 69.9 Å². The van der Waals surface area contributed by atoms with Crippen LogP contribution in [0.3, 0.4) is 0 Å². The van der Waals surface area contributed by atoms with E-state index >= 15 is 0 Å². The van der Waals surface area contributed by atoms with Gasteiger partial charge in [0.2, 0.25) is 0 Å². The maximum absolute atomic E-state index is 8.54. The molecular weight excluding hydrogens is 124 g/mol. The van der Waals surface area contributed by atoms with Gasteiger partial charge in [-0.2, -0.15) is 0 Å². The van der Waals surface area contributed by atoms with Crippen molar-refractivity contribution in [3.63, 3.8) is 0 Å². The van der Waals surface area contributed by atoms with Crippen LogP contribution in [0.2, 0.25) is 0 Å². The Morgan fingerprint density at radius 1 is 1.67 bits per heavy atom. The molecule has 0 aliphatic heterocycles. The van der Waals surface area contributed by atoms with Crippen molar-refractivity contribution in [3.05, 3.63) is 6.92 Å². The van der Waals surface area contributed by atoms with Crippen LogP contribution in [0.4, 0.5) is 0 Å². The van der Waals surface area contributed by atoms with Gasteiger partial charge in [0.05, 0.1) is 12.7 Å². The minimum Gasteiger partial charge on any atom is -0.391 e. The lowest BCUT2D eigenvalue weighted by molar-refractivity contribution is -0.311. The predicted molar refractivity (Wildman–Crippen MR) is 30.2 cm³/mol. The summed E-state index contributed by atoms with van der Waals surface area (Å²) in [6.45, 7) is 4.14. The van der Waals surface area contributed by atoms with Gasteiger partial charge in [-0.05, 0) is 6.92 Å². The van der Waals surface area contributed by atoms with Gasteiger partial charge in [-0.1, -0.05) is 0 Å². The van der Waals surface area contributed by atoms with Gasteiger partial charge in [0.25, 0.3) is 5.97 Å². The third-order valence-corrected chi connectivity index (χ3v) is 0.556. The van der Waals surface area contributed by atoms with E-state index in [0.29, 0.717) is 0 Å². The average molecular weight is 135 g/mol. The first-order valence-electron chi connectivity index (χ1n) is 2.54. The SMILES string of the molecule is [CH2]C(O)(O)OCC(C)O. The van der Waals surface area contributed by atoms with Crippen molar-refractivity contribution >= 4 is 0 Å². The average Bonchev–Trinajstić information content (AvgIpc) is 1.59. The Morgan fingerprint density at radius 3 is 2.22 bits per heavy atom. The van der Waals surface area contributed by atoms with Crippen molar-refractivity contribution in [1.82, 2.24) is 0 Å². The van der Waals surface area contributed by atoms with E-state index in [4.69, 9.17) is 15.3 Å². The number of hydrogen-bond donors (Lipinski definition) is 3. The zero-order valence-electron chi connectivity index (χ0n) is 5.24. The van der Waals surface area contributed by atoms with E-state index < -0.39 is 12.1 Å². The molecule has 1 radical (unpaired) electrons. The fourth-order valence-corrected chi connectivity index (χ4v) is 0.254. The molecule has 55 valence electrons. The second kappa shape index (κ2) is 3.12. The number of ether oxygens (including phenoxy) is 1. The lowest BCUT2D eigenvalue weighted by atomic mass is 10.4. The third kappa shape index (κ3) is 7.84. The summed E-state index contributed by atoms with van der Waals surface area (Å²) in [5.41, 5.74) is 0. The zero-order chi connectivity index (χ0) is 7.49. The van der Waals surface area contributed by atoms with E-state index in [2.05, 4.69) is 11.7 Å². The molecule has 0 amide bonds. The van der Waals surface area contributed by atoms with Crippen LogP contribution in [0.1, 0.15) is 6.92 Å². The standard InChI is InChI=1S/C5H11O4/c1-4(6)3-9-5(2,7)8/h4,6-8H,2-3H2,1H3. The zero-order valence-corrected chi connectivity index (χ0v) is 5.24. The molecule has 0 aliphatic carbocycles. The summed E-state index contributed by atoms with van der Waals surface area (Å²) in [6, 6.07) is 0. The van der Waals surface area contributed by atoms with Crippen molar-refractivity contribution in [2.75, 3.05) is 6.61 Å². The van der Waals surface area contributed by atoms with Gasteiger partial charge in [-0.3, -0.25) is 0 Å². The molecule has 0 aromatic rings. The van der Waals surface area contributed by atoms with Crippen LogP contribution >= 0.6 is 0 Å². The van der Waals surface area contributed by atoms with Crippen molar-refractivity contribution < 1.29 is 20.1 Å². The smallest absolute Gasteiger partial charge is 0.278 e. The second-order valence-corrected chi connectivity index (χ2v) is 1.90. The summed E-state index contributed by atoms with van der Waals surface area (Å²) in [6.07, 6.45) is -0.717. The molecule has 0 fully saturated rings. The molecule has 0 spiro atoms. The molecule has 1 unspecified atom stereocenters. The minimum atomic E-state index is -2.38. The molecule has 0 heterocycles. The molecule has 0 aromatic carbocycles. The van der Waals surface area contributed by atoms with Crippen molar-refractivity contribution in [3.8, 4) is 0 Å². The van der Waals surface area contributed by atoms with Gasteiger partial charge < -0.3 is 20.1 Å². The summed E-state index contributed by atoms with van der Waals surface area (Å²) in [7, 11) is 0. The van der Waals surface area contributed by atoms with E-state index in [0.717, 1.165) is 0 Å². The third-order valence-electron chi connectivity index (χ3n) is 0.556. The Balaban J connectivity index is 3.28. The molecule has 0 aromatic heterocycles. The number of rotatable bonds is 3. The monoisotopic (exact) mass is 135 g/mol. The molecule has 4 nitrogen and oxygen atoms in total. The van der Waals surface area contributed by atoms with Crippen LogP contribution in [0.5, 0.6) is 0 Å². The largest absolute Gasteiger partial charge is 0.391 e. The molecule has 0 bridgehead atoms. The molecule has 4 heteroatoms. The molecule has 1 atom stereocenters. The Bertz CT molecular complexity index is 73.5. The van der Waals surface area contributed by atoms with Gasteiger partial charge in [0.1, 0.15) is 0 Å². The van der Waals surface area contributed by atoms with E-state index in [-0.39, 0.29) is 6.61 Å². The van der Waals surface area contributed by atoms with Crippen LogP contribution in [0, 0.1) is 6.92 Å². The van der Waals surface area contributed by atoms with Gasteiger partial charge in [-0.25, -0.2) is 0 Å². The second-order valence-electron chi connectivity index (χ2n) is 1.90. The lowest BCUT2D eigenvalue weighted by Gasteiger charge is -2.16. The van der Waals surface area contributed by atoms with Crippen molar-refractivity contribution in [1.29, 1.82) is 0 Å². The quantitative estimate of drug-likeness (QED) is 0.428. The Morgan fingerprint density at radius 2 is 2.11 bits per heavy atom. The molecular formula is C5H11O4.